The molecule has 1 aromatic heterocycles. The van der Waals surface area contributed by atoms with Crippen LogP contribution in [-0.2, 0) is 0 Å². The molecule has 176 valence electrons. The molecular formula is C29H21N3O4. The van der Waals surface area contributed by atoms with Crippen molar-refractivity contribution in [2.45, 2.75) is 0 Å². The third-order valence-electron chi connectivity index (χ3n) is 6.33. The van der Waals surface area contributed by atoms with Gasteiger partial charge in [-0.25, -0.2) is 4.98 Å². The molecule has 0 radical (unpaired) electrons. The number of aromatic hydroxyl groups is 2. The van der Waals surface area contributed by atoms with Crippen LogP contribution < -0.4 is 9.47 Å². The van der Waals surface area contributed by atoms with E-state index in [-0.39, 0.29) is 28.9 Å². The van der Waals surface area contributed by atoms with Gasteiger partial charge in [0.05, 0.1) is 14.2 Å². The first-order valence-electron chi connectivity index (χ1n) is 11.3. The molecule has 0 saturated carbocycles. The Hall–Kier alpha value is -4.91. The Morgan fingerprint density at radius 1 is 0.583 bits per heavy atom. The number of ether oxygens (including phenoxy) is 2. The number of nitrogens with zero attached hydrogens (tertiary/aromatic N) is 3. The van der Waals surface area contributed by atoms with Gasteiger partial charge < -0.3 is 19.7 Å². The molecule has 0 amide bonds. The van der Waals surface area contributed by atoms with Crippen LogP contribution in [0.4, 0.5) is 0 Å². The Labute approximate surface area is 206 Å². The number of fused-ring (bicyclic) bond motifs is 5. The van der Waals surface area contributed by atoms with Crippen molar-refractivity contribution in [3.05, 3.63) is 78.9 Å². The van der Waals surface area contributed by atoms with Gasteiger partial charge >= 0.3 is 6.01 Å². The molecule has 0 unspecified atom stereocenters. The summed E-state index contributed by atoms with van der Waals surface area (Å²) in [7, 11) is 2.91. The highest BCUT2D eigenvalue weighted by Crippen LogP contribution is 2.41. The Bertz CT molecular complexity index is 1780. The van der Waals surface area contributed by atoms with Crippen molar-refractivity contribution in [3.63, 3.8) is 0 Å². The summed E-state index contributed by atoms with van der Waals surface area (Å²) in [5.74, 6) is 0.303. The van der Waals surface area contributed by atoms with E-state index in [0.29, 0.717) is 11.6 Å². The van der Waals surface area contributed by atoms with Crippen molar-refractivity contribution >= 4 is 32.3 Å². The summed E-state index contributed by atoms with van der Waals surface area (Å²) in [6.45, 7) is 0. The van der Waals surface area contributed by atoms with Crippen molar-refractivity contribution in [1.29, 1.82) is 0 Å². The average Bonchev–Trinajstić information content (AvgIpc) is 2.91. The van der Waals surface area contributed by atoms with Gasteiger partial charge in [-0.3, -0.25) is 0 Å². The van der Waals surface area contributed by atoms with E-state index in [1.165, 1.54) is 26.4 Å². The highest BCUT2D eigenvalue weighted by molar-refractivity contribution is 6.20. The molecule has 0 aliphatic rings. The van der Waals surface area contributed by atoms with E-state index >= 15 is 0 Å². The van der Waals surface area contributed by atoms with E-state index < -0.39 is 0 Å². The van der Waals surface area contributed by atoms with Crippen LogP contribution in [0.15, 0.2) is 78.9 Å². The SMILES string of the molecule is COc1cc(O)c(-c2nc(OC)nc(-c3cc4c5ccccc5ccc4c4ccccc34)n2)c(O)c1. The maximum Gasteiger partial charge on any atom is 0.320 e. The highest BCUT2D eigenvalue weighted by atomic mass is 16.5. The maximum atomic E-state index is 10.6. The van der Waals surface area contributed by atoms with E-state index in [1.54, 1.807) is 0 Å². The summed E-state index contributed by atoms with van der Waals surface area (Å²) in [6, 6.07) is 25.5. The summed E-state index contributed by atoms with van der Waals surface area (Å²) in [4.78, 5) is 13.5. The van der Waals surface area contributed by atoms with Gasteiger partial charge in [-0.05, 0) is 38.4 Å². The van der Waals surface area contributed by atoms with Gasteiger partial charge in [0.15, 0.2) is 11.6 Å². The van der Waals surface area contributed by atoms with Gasteiger partial charge in [0.25, 0.3) is 0 Å². The van der Waals surface area contributed by atoms with Gasteiger partial charge in [-0.2, -0.15) is 9.97 Å². The number of rotatable bonds is 4. The second-order valence-electron chi connectivity index (χ2n) is 8.36. The summed E-state index contributed by atoms with van der Waals surface area (Å²) >= 11 is 0. The van der Waals surface area contributed by atoms with Crippen molar-refractivity contribution in [2.75, 3.05) is 14.2 Å². The number of aromatic nitrogens is 3. The Morgan fingerprint density at radius 2 is 1.22 bits per heavy atom. The van der Waals surface area contributed by atoms with Crippen LogP contribution in [-0.4, -0.2) is 39.4 Å². The second kappa shape index (κ2) is 8.39. The second-order valence-corrected chi connectivity index (χ2v) is 8.36. The minimum atomic E-state index is -0.222. The summed E-state index contributed by atoms with van der Waals surface area (Å²) in [5.41, 5.74) is 0.845. The van der Waals surface area contributed by atoms with Crippen molar-refractivity contribution < 1.29 is 19.7 Å². The zero-order chi connectivity index (χ0) is 24.8. The van der Waals surface area contributed by atoms with Crippen molar-refractivity contribution in [1.82, 2.24) is 15.0 Å². The number of phenolic OH excluding ortho intramolecular Hbond substituents is 2. The first-order chi connectivity index (χ1) is 17.6. The molecule has 7 heteroatoms. The minimum Gasteiger partial charge on any atom is -0.507 e. The zero-order valence-corrected chi connectivity index (χ0v) is 19.6. The standard InChI is InChI=1S/C29H21N3O4/c1-35-17-13-24(33)26(25(34)14-17)28-30-27(31-29(32-28)36-2)23-15-22-18-8-4-3-7-16(18)11-12-21(22)19-9-5-6-10-20(19)23/h3-15,33-34H,1-2H3. The first kappa shape index (κ1) is 21.6. The van der Waals surface area contributed by atoms with Crippen LogP contribution in [0.1, 0.15) is 0 Å². The lowest BCUT2D eigenvalue weighted by Gasteiger charge is -2.14. The van der Waals surface area contributed by atoms with Crippen molar-refractivity contribution in [2.24, 2.45) is 0 Å². The van der Waals surface area contributed by atoms with E-state index in [2.05, 4.69) is 51.4 Å². The minimum absolute atomic E-state index is 0.0618. The average molecular weight is 476 g/mol. The third kappa shape index (κ3) is 3.41. The predicted molar refractivity (Wildman–Crippen MR) is 140 cm³/mol. The number of phenols is 2. The van der Waals surface area contributed by atoms with Crippen LogP contribution in [0, 0.1) is 0 Å². The summed E-state index contributed by atoms with van der Waals surface area (Å²) in [5, 5.41) is 27.7. The maximum absolute atomic E-state index is 10.6. The normalized spacial score (nSPS) is 11.3. The van der Waals surface area contributed by atoms with Crippen LogP contribution in [0.2, 0.25) is 0 Å². The fourth-order valence-electron chi connectivity index (χ4n) is 4.66. The molecule has 0 fully saturated rings. The summed E-state index contributed by atoms with van der Waals surface area (Å²) < 4.78 is 10.5. The molecule has 0 bridgehead atoms. The number of benzene rings is 5. The molecule has 0 saturated heterocycles. The molecule has 0 atom stereocenters. The molecule has 5 aromatic carbocycles. The van der Waals surface area contributed by atoms with Crippen LogP contribution >= 0.6 is 0 Å². The smallest absolute Gasteiger partial charge is 0.320 e. The van der Waals surface area contributed by atoms with Gasteiger partial charge in [-0.15, -0.1) is 0 Å². The quantitative estimate of drug-likeness (QED) is 0.298. The van der Waals surface area contributed by atoms with Crippen LogP contribution in [0.3, 0.4) is 0 Å². The van der Waals surface area contributed by atoms with Gasteiger partial charge in [0.2, 0.25) is 0 Å². The van der Waals surface area contributed by atoms with Gasteiger partial charge in [-0.1, -0.05) is 60.7 Å². The molecule has 0 aliphatic carbocycles. The Balaban J connectivity index is 1.68. The number of methoxy groups -OCH3 is 2. The Kier molecular flexibility index (Phi) is 5.04. The monoisotopic (exact) mass is 475 g/mol. The molecule has 0 spiro atoms. The Morgan fingerprint density at radius 3 is 1.94 bits per heavy atom. The number of hydrogen-bond acceptors (Lipinski definition) is 7. The lowest BCUT2D eigenvalue weighted by molar-refractivity contribution is 0.379. The molecule has 2 N–H and O–H groups in total. The fourth-order valence-corrected chi connectivity index (χ4v) is 4.66. The lowest BCUT2D eigenvalue weighted by Crippen LogP contribution is -2.01. The van der Waals surface area contributed by atoms with E-state index in [1.807, 2.05) is 30.3 Å². The van der Waals surface area contributed by atoms with Crippen LogP contribution in [0.5, 0.6) is 23.3 Å². The lowest BCUT2D eigenvalue weighted by atomic mass is 9.93. The molecule has 6 aromatic rings. The van der Waals surface area contributed by atoms with E-state index in [9.17, 15) is 10.2 Å². The molecule has 7 nitrogen and oxygen atoms in total. The van der Waals surface area contributed by atoms with Gasteiger partial charge in [0.1, 0.15) is 22.8 Å². The predicted octanol–water partition coefficient (Wildman–Crippen LogP) is 6.09. The molecule has 1 heterocycles. The topological polar surface area (TPSA) is 97.6 Å². The molecule has 0 aliphatic heterocycles. The van der Waals surface area contributed by atoms with E-state index in [4.69, 9.17) is 9.47 Å². The zero-order valence-electron chi connectivity index (χ0n) is 19.6. The van der Waals surface area contributed by atoms with Crippen molar-refractivity contribution in [3.8, 4) is 46.0 Å². The number of hydrogen-bond donors (Lipinski definition) is 2. The van der Waals surface area contributed by atoms with E-state index in [0.717, 1.165) is 37.9 Å². The van der Waals surface area contributed by atoms with Crippen LogP contribution in [0.25, 0.3) is 55.1 Å². The largest absolute Gasteiger partial charge is 0.507 e. The molecular weight excluding hydrogens is 454 g/mol. The van der Waals surface area contributed by atoms with Gasteiger partial charge in [0, 0.05) is 17.7 Å². The third-order valence-corrected chi connectivity index (χ3v) is 6.33. The summed E-state index contributed by atoms with van der Waals surface area (Å²) in [6.07, 6.45) is 0. The molecule has 6 rings (SSSR count). The first-order valence-corrected chi connectivity index (χ1v) is 11.3. The fraction of sp³-hybridized carbons (Fsp3) is 0.0690. The highest BCUT2D eigenvalue weighted by Gasteiger charge is 2.20. The molecule has 36 heavy (non-hydrogen) atoms.